The Hall–Kier alpha value is -2.37. The van der Waals surface area contributed by atoms with Crippen molar-refractivity contribution >= 4 is 23.5 Å². The van der Waals surface area contributed by atoms with Gasteiger partial charge in [0.2, 0.25) is 5.91 Å². The van der Waals surface area contributed by atoms with Crippen molar-refractivity contribution < 1.29 is 19.5 Å². The largest absolute Gasteiger partial charge is 0.480 e. The molecule has 0 aromatic heterocycles. The van der Waals surface area contributed by atoms with Crippen LogP contribution >= 0.6 is 0 Å². The molecule has 2 amide bonds. The molecular formula is C18H22N2O4. The fourth-order valence-corrected chi connectivity index (χ4v) is 3.25. The summed E-state index contributed by atoms with van der Waals surface area (Å²) in [5.41, 5.74) is 0.985. The summed E-state index contributed by atoms with van der Waals surface area (Å²) in [5, 5.41) is 12.2. The second kappa shape index (κ2) is 6.63. The van der Waals surface area contributed by atoms with Crippen LogP contribution in [0.4, 0.5) is 5.69 Å². The molecule has 1 aromatic rings. The van der Waals surface area contributed by atoms with E-state index in [1.54, 1.807) is 24.3 Å². The van der Waals surface area contributed by atoms with Crippen LogP contribution in [0.5, 0.6) is 0 Å². The number of nitrogens with zero attached hydrogens (tertiary/aromatic N) is 1. The number of hydrogen-bond acceptors (Lipinski definition) is 3. The van der Waals surface area contributed by atoms with Crippen molar-refractivity contribution in [2.24, 2.45) is 11.8 Å². The number of carbonyl (C=O) groups excluding carboxylic acids is 2. The highest BCUT2D eigenvalue weighted by molar-refractivity contribution is 5.99. The maximum atomic E-state index is 12.7. The van der Waals surface area contributed by atoms with Crippen LogP contribution in [0.1, 0.15) is 43.0 Å². The third kappa shape index (κ3) is 3.42. The minimum absolute atomic E-state index is 0.0199. The van der Waals surface area contributed by atoms with Gasteiger partial charge in [-0.25, -0.2) is 4.79 Å². The van der Waals surface area contributed by atoms with Gasteiger partial charge in [0.25, 0.3) is 5.91 Å². The fraction of sp³-hybridized carbons (Fsp3) is 0.500. The Bertz CT molecular complexity index is 673. The molecule has 1 saturated carbocycles. The third-order valence-corrected chi connectivity index (χ3v) is 4.87. The van der Waals surface area contributed by atoms with Crippen molar-refractivity contribution in [2.45, 2.75) is 38.6 Å². The van der Waals surface area contributed by atoms with Gasteiger partial charge in [-0.2, -0.15) is 0 Å². The highest BCUT2D eigenvalue weighted by atomic mass is 16.4. The first-order chi connectivity index (χ1) is 11.5. The molecule has 1 aliphatic heterocycles. The number of hydrogen-bond donors (Lipinski definition) is 2. The molecule has 6 heteroatoms. The van der Waals surface area contributed by atoms with Crippen LogP contribution in [0.25, 0.3) is 0 Å². The summed E-state index contributed by atoms with van der Waals surface area (Å²) in [5.74, 6) is -0.802. The van der Waals surface area contributed by atoms with Gasteiger partial charge in [0, 0.05) is 23.7 Å². The summed E-state index contributed by atoms with van der Waals surface area (Å²) in [7, 11) is 0. The van der Waals surface area contributed by atoms with Gasteiger partial charge in [0.05, 0.1) is 0 Å². The smallest absolute Gasteiger partial charge is 0.326 e. The lowest BCUT2D eigenvalue weighted by Gasteiger charge is -2.33. The van der Waals surface area contributed by atoms with E-state index in [1.165, 1.54) is 4.90 Å². The van der Waals surface area contributed by atoms with E-state index in [2.05, 4.69) is 5.32 Å². The Balaban J connectivity index is 1.73. The fourth-order valence-electron chi connectivity index (χ4n) is 3.25. The molecule has 2 N–H and O–H groups in total. The Morgan fingerprint density at radius 2 is 2.00 bits per heavy atom. The van der Waals surface area contributed by atoms with Gasteiger partial charge in [-0.15, -0.1) is 0 Å². The zero-order chi connectivity index (χ0) is 17.3. The maximum Gasteiger partial charge on any atom is 0.326 e. The van der Waals surface area contributed by atoms with E-state index in [1.807, 2.05) is 6.92 Å². The summed E-state index contributed by atoms with van der Waals surface area (Å²) >= 11 is 0. The van der Waals surface area contributed by atoms with Crippen molar-refractivity contribution in [2.75, 3.05) is 11.9 Å². The van der Waals surface area contributed by atoms with Crippen molar-refractivity contribution in [1.29, 1.82) is 0 Å². The van der Waals surface area contributed by atoms with Crippen LogP contribution in [0, 0.1) is 11.8 Å². The highest BCUT2D eigenvalue weighted by Crippen LogP contribution is 2.38. The number of anilines is 1. The molecule has 0 spiro atoms. The second-order valence-corrected chi connectivity index (χ2v) is 6.74. The number of piperidine rings is 1. The van der Waals surface area contributed by atoms with Crippen LogP contribution < -0.4 is 5.32 Å². The molecule has 24 heavy (non-hydrogen) atoms. The molecule has 3 rings (SSSR count). The number of likely N-dealkylation sites (tertiary alicyclic amines) is 1. The normalized spacial score (nSPS) is 25.9. The molecule has 1 aromatic carbocycles. The minimum atomic E-state index is -0.963. The van der Waals surface area contributed by atoms with E-state index in [0.717, 1.165) is 19.3 Å². The Morgan fingerprint density at radius 3 is 2.67 bits per heavy atom. The second-order valence-electron chi connectivity index (χ2n) is 6.74. The first-order valence-electron chi connectivity index (χ1n) is 8.42. The van der Waals surface area contributed by atoms with E-state index >= 15 is 0 Å². The Kier molecular flexibility index (Phi) is 4.55. The van der Waals surface area contributed by atoms with Gasteiger partial charge in [0.1, 0.15) is 6.04 Å². The molecule has 3 atom stereocenters. The lowest BCUT2D eigenvalue weighted by atomic mass is 10.0. The van der Waals surface area contributed by atoms with Gasteiger partial charge in [-0.05, 0) is 49.8 Å². The lowest BCUT2D eigenvalue weighted by Crippen LogP contribution is -2.48. The summed E-state index contributed by atoms with van der Waals surface area (Å²) < 4.78 is 0. The number of rotatable bonds is 4. The van der Waals surface area contributed by atoms with Crippen LogP contribution in [0.15, 0.2) is 24.3 Å². The molecule has 2 fully saturated rings. The molecule has 6 nitrogen and oxygen atoms in total. The average molecular weight is 330 g/mol. The predicted molar refractivity (Wildman–Crippen MR) is 88.7 cm³/mol. The topological polar surface area (TPSA) is 86.7 Å². The number of carboxylic acid groups (broad SMARTS) is 1. The standard InChI is InChI=1S/C18H22N2O4/c1-11-9-14(11)16(21)19-13-6-4-5-12(10-13)17(22)20-8-3-2-7-15(20)18(23)24/h4-6,10-11,14-15H,2-3,7-9H2,1H3,(H,19,21)(H,23,24). The van der Waals surface area contributed by atoms with Crippen molar-refractivity contribution in [3.8, 4) is 0 Å². The van der Waals surface area contributed by atoms with Gasteiger partial charge in [-0.3, -0.25) is 9.59 Å². The molecule has 0 radical (unpaired) electrons. The van der Waals surface area contributed by atoms with Gasteiger partial charge in [-0.1, -0.05) is 13.0 Å². The van der Waals surface area contributed by atoms with Crippen LogP contribution in [-0.4, -0.2) is 40.4 Å². The van der Waals surface area contributed by atoms with Crippen molar-refractivity contribution in [1.82, 2.24) is 4.90 Å². The number of benzene rings is 1. The van der Waals surface area contributed by atoms with Crippen LogP contribution in [0.2, 0.25) is 0 Å². The van der Waals surface area contributed by atoms with Gasteiger partial charge < -0.3 is 15.3 Å². The van der Waals surface area contributed by atoms with Crippen molar-refractivity contribution in [3.63, 3.8) is 0 Å². The number of carbonyl (C=O) groups is 3. The molecule has 2 aliphatic rings. The Labute approximate surface area is 140 Å². The van der Waals surface area contributed by atoms with Crippen molar-refractivity contribution in [3.05, 3.63) is 29.8 Å². The monoisotopic (exact) mass is 330 g/mol. The molecule has 1 saturated heterocycles. The first kappa shape index (κ1) is 16.5. The molecular weight excluding hydrogens is 308 g/mol. The van der Waals surface area contributed by atoms with Crippen LogP contribution in [-0.2, 0) is 9.59 Å². The van der Waals surface area contributed by atoms with Crippen LogP contribution in [0.3, 0.4) is 0 Å². The SMILES string of the molecule is CC1CC1C(=O)Nc1cccc(C(=O)N2CCCCC2C(=O)O)c1. The van der Waals surface area contributed by atoms with E-state index in [-0.39, 0.29) is 17.7 Å². The molecule has 0 bridgehead atoms. The summed E-state index contributed by atoms with van der Waals surface area (Å²) in [6, 6.07) is 5.97. The molecule has 1 heterocycles. The van der Waals surface area contributed by atoms with E-state index in [0.29, 0.717) is 30.1 Å². The minimum Gasteiger partial charge on any atom is -0.480 e. The number of aliphatic carboxylic acids is 1. The zero-order valence-electron chi connectivity index (χ0n) is 13.7. The van der Waals surface area contributed by atoms with E-state index < -0.39 is 12.0 Å². The maximum absolute atomic E-state index is 12.7. The van der Waals surface area contributed by atoms with E-state index in [4.69, 9.17) is 0 Å². The molecule has 1 aliphatic carbocycles. The lowest BCUT2D eigenvalue weighted by molar-refractivity contribution is -0.143. The number of carboxylic acids is 1. The quantitative estimate of drug-likeness (QED) is 0.887. The van der Waals surface area contributed by atoms with Gasteiger partial charge in [0.15, 0.2) is 0 Å². The number of amides is 2. The predicted octanol–water partition coefficient (Wildman–Crippen LogP) is 2.36. The van der Waals surface area contributed by atoms with E-state index in [9.17, 15) is 19.5 Å². The molecule has 128 valence electrons. The zero-order valence-corrected chi connectivity index (χ0v) is 13.7. The Morgan fingerprint density at radius 1 is 1.25 bits per heavy atom. The van der Waals surface area contributed by atoms with Gasteiger partial charge >= 0.3 is 5.97 Å². The first-order valence-corrected chi connectivity index (χ1v) is 8.42. The summed E-state index contributed by atoms with van der Waals surface area (Å²) in [6.45, 7) is 2.48. The summed E-state index contributed by atoms with van der Waals surface area (Å²) in [4.78, 5) is 37.5. The summed E-state index contributed by atoms with van der Waals surface area (Å²) in [6.07, 6.45) is 3.01. The molecule has 3 unspecified atom stereocenters. The third-order valence-electron chi connectivity index (χ3n) is 4.87. The highest BCUT2D eigenvalue weighted by Gasteiger charge is 2.39. The average Bonchev–Trinajstić information content (AvgIpc) is 3.31. The number of nitrogens with one attached hydrogen (secondary N) is 1.